The minimum absolute atomic E-state index is 0.0896. The highest BCUT2D eigenvalue weighted by Gasteiger charge is 2.48. The van der Waals surface area contributed by atoms with Crippen LogP contribution in [-0.2, 0) is 14.3 Å². The van der Waals surface area contributed by atoms with Gasteiger partial charge < -0.3 is 4.74 Å². The monoisotopic (exact) mass is 282 g/mol. The smallest absolute Gasteiger partial charge is 0.374 e. The number of carbonyl (C=O) groups is 2. The zero-order valence-corrected chi connectivity index (χ0v) is 11.9. The number of esters is 1. The van der Waals surface area contributed by atoms with Gasteiger partial charge in [-0.15, -0.1) is 0 Å². The van der Waals surface area contributed by atoms with E-state index in [2.05, 4.69) is 23.0 Å². The molecule has 2 bridgehead atoms. The van der Waals surface area contributed by atoms with Gasteiger partial charge in [-0.25, -0.2) is 4.79 Å². The van der Waals surface area contributed by atoms with Crippen LogP contribution in [0.2, 0.25) is 0 Å². The molecule has 2 aliphatic carbocycles. The molecule has 0 amide bonds. The Morgan fingerprint density at radius 2 is 1.86 bits per heavy atom. The highest BCUT2D eigenvalue weighted by atomic mass is 16.5. The highest BCUT2D eigenvalue weighted by Crippen LogP contribution is 2.49. The number of ketones is 1. The predicted molar refractivity (Wildman–Crippen MR) is 80.2 cm³/mol. The molecule has 0 aromatic heterocycles. The van der Waals surface area contributed by atoms with Crippen molar-refractivity contribution in [3.05, 3.63) is 54.1 Å². The van der Waals surface area contributed by atoms with Gasteiger partial charge in [0.25, 0.3) is 0 Å². The van der Waals surface area contributed by atoms with E-state index in [1.165, 1.54) is 7.11 Å². The third kappa shape index (κ3) is 2.56. The van der Waals surface area contributed by atoms with Crippen molar-refractivity contribution in [1.29, 1.82) is 0 Å². The molecule has 1 saturated carbocycles. The zero-order valence-electron chi connectivity index (χ0n) is 11.9. The molecule has 3 nitrogen and oxygen atoms in total. The molecule has 2 aliphatic rings. The van der Waals surface area contributed by atoms with Crippen LogP contribution in [-0.4, -0.2) is 18.9 Å². The lowest BCUT2D eigenvalue weighted by Gasteiger charge is -2.23. The first-order valence-corrected chi connectivity index (χ1v) is 7.24. The van der Waals surface area contributed by atoms with Crippen molar-refractivity contribution in [2.45, 2.75) is 6.42 Å². The number of benzene rings is 1. The van der Waals surface area contributed by atoms with Crippen LogP contribution >= 0.6 is 0 Å². The Labute approximate surface area is 124 Å². The molecule has 0 unspecified atom stereocenters. The van der Waals surface area contributed by atoms with Crippen molar-refractivity contribution in [2.75, 3.05) is 7.11 Å². The van der Waals surface area contributed by atoms with Crippen LogP contribution < -0.4 is 0 Å². The van der Waals surface area contributed by atoms with E-state index in [1.807, 2.05) is 36.4 Å². The zero-order chi connectivity index (χ0) is 14.8. The number of hydrogen-bond donors (Lipinski definition) is 0. The number of methoxy groups -OCH3 is 1. The Balaban J connectivity index is 1.82. The van der Waals surface area contributed by atoms with Gasteiger partial charge in [0.15, 0.2) is 0 Å². The lowest BCUT2D eigenvalue weighted by Crippen LogP contribution is -2.32. The maximum Gasteiger partial charge on any atom is 0.374 e. The molecule has 0 N–H and O–H groups in total. The minimum atomic E-state index is -0.723. The van der Waals surface area contributed by atoms with Crippen LogP contribution in [0, 0.1) is 23.7 Å². The fraction of sp³-hybridized carbons (Fsp3) is 0.333. The van der Waals surface area contributed by atoms with Crippen molar-refractivity contribution in [2.24, 2.45) is 23.7 Å². The molecule has 4 atom stereocenters. The molecule has 1 aromatic rings. The van der Waals surface area contributed by atoms with E-state index in [1.54, 1.807) is 0 Å². The van der Waals surface area contributed by atoms with E-state index in [0.717, 1.165) is 12.0 Å². The summed E-state index contributed by atoms with van der Waals surface area (Å²) in [5, 5.41) is 0. The summed E-state index contributed by atoms with van der Waals surface area (Å²) >= 11 is 0. The average Bonchev–Trinajstić information content (AvgIpc) is 3.13. The van der Waals surface area contributed by atoms with Gasteiger partial charge >= 0.3 is 5.97 Å². The summed E-state index contributed by atoms with van der Waals surface area (Å²) in [6.07, 6.45) is 9.32. The van der Waals surface area contributed by atoms with Crippen molar-refractivity contribution in [3.8, 4) is 0 Å². The molecule has 1 fully saturated rings. The Morgan fingerprint density at radius 1 is 1.14 bits per heavy atom. The molecule has 0 saturated heterocycles. The quantitative estimate of drug-likeness (QED) is 0.484. The third-order valence-electron chi connectivity index (χ3n) is 4.52. The molecule has 108 valence electrons. The third-order valence-corrected chi connectivity index (χ3v) is 4.52. The summed E-state index contributed by atoms with van der Waals surface area (Å²) in [6, 6.07) is 9.99. The fourth-order valence-corrected chi connectivity index (χ4v) is 3.52. The number of rotatable bonds is 4. The number of allylic oxidation sites excluding steroid dienone is 3. The van der Waals surface area contributed by atoms with Crippen LogP contribution in [0.15, 0.2) is 48.6 Å². The summed E-state index contributed by atoms with van der Waals surface area (Å²) in [5.74, 6) is -0.768. The summed E-state index contributed by atoms with van der Waals surface area (Å²) in [6.45, 7) is 0. The first-order valence-electron chi connectivity index (χ1n) is 7.24. The van der Waals surface area contributed by atoms with E-state index in [-0.39, 0.29) is 17.8 Å². The summed E-state index contributed by atoms with van der Waals surface area (Å²) in [4.78, 5) is 23.8. The van der Waals surface area contributed by atoms with E-state index >= 15 is 0 Å². The SMILES string of the molecule is COC(=O)C(=O)[C@H]1[C@H](/C=C/c2ccccc2)[C@H]2C=C[C@@H]1C2. The number of hydrogen-bond acceptors (Lipinski definition) is 3. The van der Waals surface area contributed by atoms with Crippen LogP contribution in [0.25, 0.3) is 6.08 Å². The predicted octanol–water partition coefficient (Wildman–Crippen LogP) is 2.88. The van der Waals surface area contributed by atoms with Gasteiger partial charge in [-0.2, -0.15) is 0 Å². The normalized spacial score (nSPS) is 30.0. The number of carbonyl (C=O) groups excluding carboxylic acids is 2. The van der Waals surface area contributed by atoms with Gasteiger partial charge in [-0.3, -0.25) is 4.79 Å². The van der Waals surface area contributed by atoms with Gasteiger partial charge in [0, 0.05) is 5.92 Å². The van der Waals surface area contributed by atoms with Crippen LogP contribution in [0.4, 0.5) is 0 Å². The molecule has 1 aromatic carbocycles. The van der Waals surface area contributed by atoms with Crippen molar-refractivity contribution in [1.82, 2.24) is 0 Å². The Bertz CT molecular complexity index is 600. The lowest BCUT2D eigenvalue weighted by atomic mass is 9.80. The van der Waals surface area contributed by atoms with Gasteiger partial charge in [0.05, 0.1) is 7.11 Å². The topological polar surface area (TPSA) is 43.4 Å². The number of fused-ring (bicyclic) bond motifs is 2. The van der Waals surface area contributed by atoms with E-state index in [9.17, 15) is 9.59 Å². The van der Waals surface area contributed by atoms with Gasteiger partial charge in [-0.05, 0) is 29.7 Å². The average molecular weight is 282 g/mol. The first-order chi connectivity index (χ1) is 10.2. The standard InChI is InChI=1S/C18H18O3/c1-21-18(20)17(19)16-14-9-8-13(11-14)15(16)10-7-12-5-3-2-4-6-12/h2-10,13-16H,11H2,1H3/b10-7+/t13-,14+,15+,16+/m0/s1. The van der Waals surface area contributed by atoms with E-state index in [0.29, 0.717) is 5.92 Å². The molecule has 3 heteroatoms. The first kappa shape index (κ1) is 13.8. The second-order valence-electron chi connectivity index (χ2n) is 5.68. The summed E-state index contributed by atoms with van der Waals surface area (Å²) < 4.78 is 4.61. The van der Waals surface area contributed by atoms with Crippen molar-refractivity contribution in [3.63, 3.8) is 0 Å². The van der Waals surface area contributed by atoms with E-state index < -0.39 is 11.8 Å². The van der Waals surface area contributed by atoms with Crippen LogP contribution in [0.5, 0.6) is 0 Å². The maximum absolute atomic E-state index is 12.2. The molecule has 0 spiro atoms. The van der Waals surface area contributed by atoms with Crippen LogP contribution in [0.3, 0.4) is 0 Å². The summed E-state index contributed by atoms with van der Waals surface area (Å²) in [5.41, 5.74) is 1.11. The Hall–Kier alpha value is -2.16. The maximum atomic E-state index is 12.2. The van der Waals surface area contributed by atoms with Crippen LogP contribution in [0.1, 0.15) is 12.0 Å². The fourth-order valence-electron chi connectivity index (χ4n) is 3.52. The second-order valence-corrected chi connectivity index (χ2v) is 5.68. The van der Waals surface area contributed by atoms with Crippen molar-refractivity contribution >= 4 is 17.8 Å². The van der Waals surface area contributed by atoms with E-state index in [4.69, 9.17) is 0 Å². The molecule has 21 heavy (non-hydrogen) atoms. The number of ether oxygens (including phenoxy) is 1. The largest absolute Gasteiger partial charge is 0.463 e. The molecular weight excluding hydrogens is 264 g/mol. The molecule has 0 heterocycles. The van der Waals surface area contributed by atoms with Gasteiger partial charge in [0.2, 0.25) is 5.78 Å². The highest BCUT2D eigenvalue weighted by molar-refractivity contribution is 6.34. The molecular formula is C18H18O3. The molecule has 0 radical (unpaired) electrons. The Morgan fingerprint density at radius 3 is 2.57 bits per heavy atom. The Kier molecular flexibility index (Phi) is 3.74. The lowest BCUT2D eigenvalue weighted by molar-refractivity contribution is -0.154. The molecule has 0 aliphatic heterocycles. The number of Topliss-reactive ketones (excluding diaryl/α,β-unsaturated/α-hetero) is 1. The second kappa shape index (κ2) is 5.68. The van der Waals surface area contributed by atoms with Gasteiger partial charge in [-0.1, -0.05) is 54.6 Å². The summed E-state index contributed by atoms with van der Waals surface area (Å²) in [7, 11) is 1.26. The minimum Gasteiger partial charge on any atom is -0.463 e. The van der Waals surface area contributed by atoms with Gasteiger partial charge in [0.1, 0.15) is 0 Å². The molecule has 3 rings (SSSR count). The van der Waals surface area contributed by atoms with Crippen molar-refractivity contribution < 1.29 is 14.3 Å².